The number of nitrogens with one attached hydrogen (secondary N) is 1. The molecule has 21 heavy (non-hydrogen) atoms. The zero-order valence-corrected chi connectivity index (χ0v) is 12.8. The van der Waals surface area contributed by atoms with Crippen molar-refractivity contribution in [2.75, 3.05) is 19.6 Å². The van der Waals surface area contributed by atoms with Crippen molar-refractivity contribution < 1.29 is 12.8 Å². The van der Waals surface area contributed by atoms with Crippen molar-refractivity contribution in [3.8, 4) is 0 Å². The van der Waals surface area contributed by atoms with Crippen LogP contribution in [0.4, 0.5) is 4.39 Å². The molecule has 0 aromatic heterocycles. The van der Waals surface area contributed by atoms with E-state index in [1.165, 1.54) is 41.4 Å². The van der Waals surface area contributed by atoms with Gasteiger partial charge in [-0.25, -0.2) is 12.8 Å². The smallest absolute Gasteiger partial charge is 0.243 e. The molecule has 2 aliphatic heterocycles. The largest absolute Gasteiger partial charge is 0.314 e. The van der Waals surface area contributed by atoms with E-state index in [1.807, 2.05) is 0 Å². The van der Waals surface area contributed by atoms with E-state index in [0.29, 0.717) is 25.0 Å². The first-order valence-corrected chi connectivity index (χ1v) is 9.00. The van der Waals surface area contributed by atoms with Crippen molar-refractivity contribution in [3.63, 3.8) is 0 Å². The number of nitrogens with zero attached hydrogens (tertiary/aromatic N) is 1. The average Bonchev–Trinajstić information content (AvgIpc) is 3.02. The van der Waals surface area contributed by atoms with Gasteiger partial charge in [-0.2, -0.15) is 4.31 Å². The van der Waals surface area contributed by atoms with Gasteiger partial charge in [-0.1, -0.05) is 0 Å². The van der Waals surface area contributed by atoms with Gasteiger partial charge in [-0.15, -0.1) is 0 Å². The summed E-state index contributed by atoms with van der Waals surface area (Å²) in [5.41, 5.74) is 0. The quantitative estimate of drug-likeness (QED) is 0.928. The summed E-state index contributed by atoms with van der Waals surface area (Å²) in [6.45, 7) is 2.20. The Bertz CT molecular complexity index is 574. The first kappa shape index (κ1) is 14.9. The number of benzene rings is 1. The summed E-state index contributed by atoms with van der Waals surface area (Å²) in [5.74, 6) is 0.159. The van der Waals surface area contributed by atoms with Crippen LogP contribution in [0.5, 0.6) is 0 Å². The van der Waals surface area contributed by atoms with Crippen molar-refractivity contribution in [1.82, 2.24) is 9.62 Å². The molecule has 2 fully saturated rings. The van der Waals surface area contributed by atoms with Gasteiger partial charge in [-0.05, 0) is 62.4 Å². The fraction of sp³-hybridized carbons (Fsp3) is 0.600. The minimum Gasteiger partial charge on any atom is -0.314 e. The van der Waals surface area contributed by atoms with Gasteiger partial charge in [0.2, 0.25) is 10.0 Å². The summed E-state index contributed by atoms with van der Waals surface area (Å²) in [4.78, 5) is 0.182. The molecule has 0 bridgehead atoms. The van der Waals surface area contributed by atoms with E-state index in [2.05, 4.69) is 5.32 Å². The molecule has 2 saturated heterocycles. The highest BCUT2D eigenvalue weighted by Gasteiger charge is 2.33. The molecule has 4 nitrogen and oxygen atoms in total. The first-order valence-electron chi connectivity index (χ1n) is 7.56. The lowest BCUT2D eigenvalue weighted by Gasteiger charge is -2.34. The van der Waals surface area contributed by atoms with Gasteiger partial charge in [0.15, 0.2) is 0 Å². The summed E-state index contributed by atoms with van der Waals surface area (Å²) < 4.78 is 39.5. The van der Waals surface area contributed by atoms with Crippen molar-refractivity contribution in [1.29, 1.82) is 0 Å². The molecule has 0 saturated carbocycles. The summed E-state index contributed by atoms with van der Waals surface area (Å²) in [5, 5.41) is 3.51. The number of rotatable bonds is 3. The second kappa shape index (κ2) is 6.02. The van der Waals surface area contributed by atoms with Crippen molar-refractivity contribution in [2.45, 2.75) is 36.6 Å². The van der Waals surface area contributed by atoms with Gasteiger partial charge in [-0.3, -0.25) is 0 Å². The summed E-state index contributed by atoms with van der Waals surface area (Å²) in [7, 11) is -3.48. The number of sulfonamides is 1. The molecule has 1 aromatic rings. The second-order valence-electron chi connectivity index (χ2n) is 5.90. The van der Waals surface area contributed by atoms with Crippen molar-refractivity contribution in [2.24, 2.45) is 5.92 Å². The molecule has 0 aliphatic carbocycles. The summed E-state index contributed by atoms with van der Waals surface area (Å²) >= 11 is 0. The predicted octanol–water partition coefficient (Wildman–Crippen LogP) is 1.98. The average molecular weight is 312 g/mol. The number of hydrogen-bond donors (Lipinski definition) is 1. The normalized spacial score (nSPS) is 25.3. The van der Waals surface area contributed by atoms with Crippen LogP contribution in [0.15, 0.2) is 29.2 Å². The Balaban J connectivity index is 1.66. The van der Waals surface area contributed by atoms with Crippen LogP contribution in [-0.4, -0.2) is 38.4 Å². The van der Waals surface area contributed by atoms with Gasteiger partial charge in [0, 0.05) is 19.1 Å². The van der Waals surface area contributed by atoms with Crippen LogP contribution in [0.2, 0.25) is 0 Å². The number of piperidine rings is 1. The maximum Gasteiger partial charge on any atom is 0.243 e. The molecule has 1 unspecified atom stereocenters. The minimum absolute atomic E-state index is 0.182. The standard InChI is InChI=1S/C15H21FN2O2S/c16-13-3-5-14(6-4-13)21(19,20)18-10-7-12(8-11-18)15-2-1-9-17-15/h3-6,12,15,17H,1-2,7-11H2. The molecule has 1 N–H and O–H groups in total. The van der Waals surface area contributed by atoms with Crippen LogP contribution in [0.3, 0.4) is 0 Å². The van der Waals surface area contributed by atoms with Gasteiger partial charge in [0.1, 0.15) is 5.82 Å². The Labute approximate surface area is 125 Å². The van der Waals surface area contributed by atoms with E-state index in [1.54, 1.807) is 0 Å². The van der Waals surface area contributed by atoms with Crippen LogP contribution >= 0.6 is 0 Å². The first-order chi connectivity index (χ1) is 10.1. The van der Waals surface area contributed by atoms with Crippen LogP contribution in [-0.2, 0) is 10.0 Å². The highest BCUT2D eigenvalue weighted by Crippen LogP contribution is 2.28. The van der Waals surface area contributed by atoms with E-state index >= 15 is 0 Å². The third kappa shape index (κ3) is 3.12. The predicted molar refractivity (Wildman–Crippen MR) is 78.9 cm³/mol. The van der Waals surface area contributed by atoms with Gasteiger partial charge < -0.3 is 5.32 Å². The van der Waals surface area contributed by atoms with E-state index in [-0.39, 0.29) is 4.90 Å². The molecule has 2 aliphatic rings. The van der Waals surface area contributed by atoms with Gasteiger partial charge in [0.05, 0.1) is 4.90 Å². The van der Waals surface area contributed by atoms with Gasteiger partial charge >= 0.3 is 0 Å². The van der Waals surface area contributed by atoms with Crippen LogP contribution in [0, 0.1) is 11.7 Å². The van der Waals surface area contributed by atoms with Crippen LogP contribution in [0.1, 0.15) is 25.7 Å². The molecule has 1 atom stereocenters. The third-order valence-electron chi connectivity index (χ3n) is 4.62. The van der Waals surface area contributed by atoms with Crippen LogP contribution < -0.4 is 5.32 Å². The zero-order chi connectivity index (χ0) is 14.9. The molecule has 2 heterocycles. The van der Waals surface area contributed by atoms with Crippen molar-refractivity contribution >= 4 is 10.0 Å². The molecule has 6 heteroatoms. The lowest BCUT2D eigenvalue weighted by Crippen LogP contribution is -2.43. The van der Waals surface area contributed by atoms with E-state index in [0.717, 1.165) is 19.4 Å². The van der Waals surface area contributed by atoms with E-state index in [4.69, 9.17) is 0 Å². The maximum atomic E-state index is 12.9. The molecule has 1 aromatic carbocycles. The maximum absolute atomic E-state index is 12.9. The Morgan fingerprint density at radius 1 is 1.10 bits per heavy atom. The molecule has 0 radical (unpaired) electrons. The number of halogens is 1. The molecular formula is C15H21FN2O2S. The molecule has 3 rings (SSSR count). The summed E-state index contributed by atoms with van der Waals surface area (Å²) in [6.07, 6.45) is 4.23. The fourth-order valence-electron chi connectivity index (χ4n) is 3.39. The number of hydrogen-bond acceptors (Lipinski definition) is 3. The minimum atomic E-state index is -3.48. The van der Waals surface area contributed by atoms with E-state index in [9.17, 15) is 12.8 Å². The Morgan fingerprint density at radius 3 is 2.33 bits per heavy atom. The lowest BCUT2D eigenvalue weighted by molar-refractivity contribution is 0.234. The Morgan fingerprint density at radius 2 is 1.76 bits per heavy atom. The second-order valence-corrected chi connectivity index (χ2v) is 7.84. The lowest BCUT2D eigenvalue weighted by atomic mass is 9.89. The molecule has 0 amide bonds. The Kier molecular flexibility index (Phi) is 4.28. The molecule has 116 valence electrons. The van der Waals surface area contributed by atoms with Crippen molar-refractivity contribution in [3.05, 3.63) is 30.1 Å². The zero-order valence-electron chi connectivity index (χ0n) is 12.0. The topological polar surface area (TPSA) is 49.4 Å². The molecule has 0 spiro atoms. The van der Waals surface area contributed by atoms with Crippen LogP contribution in [0.25, 0.3) is 0 Å². The third-order valence-corrected chi connectivity index (χ3v) is 6.53. The monoisotopic (exact) mass is 312 g/mol. The van der Waals surface area contributed by atoms with E-state index < -0.39 is 15.8 Å². The SMILES string of the molecule is O=S(=O)(c1ccc(F)cc1)N1CCC(C2CCCN2)CC1. The fourth-order valence-corrected chi connectivity index (χ4v) is 4.86. The summed E-state index contributed by atoms with van der Waals surface area (Å²) in [6, 6.07) is 5.63. The highest BCUT2D eigenvalue weighted by atomic mass is 32.2. The Hall–Kier alpha value is -0.980. The highest BCUT2D eigenvalue weighted by molar-refractivity contribution is 7.89. The van der Waals surface area contributed by atoms with Gasteiger partial charge in [0.25, 0.3) is 0 Å². The molecular weight excluding hydrogens is 291 g/mol.